The van der Waals surface area contributed by atoms with Gasteiger partial charge in [-0.05, 0) is 49.8 Å². The standard InChI is InChI=1S/C15H19Cl2NO2/c16-12-3-4-14(17)13(10-12)15(19)18-7-1-2-11-5-8-20-9-6-11/h3-4,10-11H,1-2,5-9H2,(H,18,19). The molecule has 1 amide bonds. The maximum absolute atomic E-state index is 12.0. The second-order valence-electron chi connectivity index (χ2n) is 5.08. The van der Waals surface area contributed by atoms with Crippen LogP contribution in [0.3, 0.4) is 0 Å². The number of ether oxygens (including phenoxy) is 1. The Kier molecular flexibility index (Phi) is 6.14. The second-order valence-corrected chi connectivity index (χ2v) is 5.92. The maximum atomic E-state index is 12.0. The number of hydrogen-bond acceptors (Lipinski definition) is 2. The summed E-state index contributed by atoms with van der Waals surface area (Å²) < 4.78 is 5.33. The van der Waals surface area contributed by atoms with E-state index < -0.39 is 0 Å². The first-order valence-electron chi connectivity index (χ1n) is 6.98. The lowest BCUT2D eigenvalue weighted by Gasteiger charge is -2.21. The molecule has 1 aromatic carbocycles. The average Bonchev–Trinajstić information content (AvgIpc) is 2.47. The van der Waals surface area contributed by atoms with Crippen molar-refractivity contribution in [3.8, 4) is 0 Å². The molecular weight excluding hydrogens is 297 g/mol. The molecule has 1 heterocycles. The lowest BCUT2D eigenvalue weighted by Crippen LogP contribution is -2.25. The lowest BCUT2D eigenvalue weighted by molar-refractivity contribution is 0.0631. The molecule has 0 atom stereocenters. The van der Waals surface area contributed by atoms with Crippen molar-refractivity contribution >= 4 is 29.1 Å². The largest absolute Gasteiger partial charge is 0.381 e. The molecule has 0 bridgehead atoms. The van der Waals surface area contributed by atoms with Crippen LogP contribution in [-0.2, 0) is 4.74 Å². The van der Waals surface area contributed by atoms with Gasteiger partial charge in [-0.3, -0.25) is 4.79 Å². The Morgan fingerprint density at radius 3 is 2.80 bits per heavy atom. The van der Waals surface area contributed by atoms with Crippen molar-refractivity contribution in [2.45, 2.75) is 25.7 Å². The average molecular weight is 316 g/mol. The van der Waals surface area contributed by atoms with Crippen molar-refractivity contribution in [2.75, 3.05) is 19.8 Å². The molecule has 0 aliphatic carbocycles. The van der Waals surface area contributed by atoms with E-state index in [4.69, 9.17) is 27.9 Å². The van der Waals surface area contributed by atoms with Crippen molar-refractivity contribution in [2.24, 2.45) is 5.92 Å². The van der Waals surface area contributed by atoms with Gasteiger partial charge in [-0.25, -0.2) is 0 Å². The molecule has 20 heavy (non-hydrogen) atoms. The number of rotatable bonds is 5. The van der Waals surface area contributed by atoms with Gasteiger partial charge in [-0.2, -0.15) is 0 Å². The predicted molar refractivity (Wildman–Crippen MR) is 81.6 cm³/mol. The summed E-state index contributed by atoms with van der Waals surface area (Å²) in [4.78, 5) is 12.0. The van der Waals surface area contributed by atoms with E-state index >= 15 is 0 Å². The fraction of sp³-hybridized carbons (Fsp3) is 0.533. The second kappa shape index (κ2) is 7.87. The van der Waals surface area contributed by atoms with Crippen molar-refractivity contribution in [3.05, 3.63) is 33.8 Å². The molecule has 110 valence electrons. The Labute approximate surface area is 129 Å². The highest BCUT2D eigenvalue weighted by Gasteiger charge is 2.14. The smallest absolute Gasteiger partial charge is 0.252 e. The van der Waals surface area contributed by atoms with E-state index in [9.17, 15) is 4.79 Å². The first-order chi connectivity index (χ1) is 9.66. The predicted octanol–water partition coefficient (Wildman–Crippen LogP) is 3.93. The number of hydrogen-bond donors (Lipinski definition) is 1. The fourth-order valence-corrected chi connectivity index (χ4v) is 2.77. The normalized spacial score (nSPS) is 16.1. The van der Waals surface area contributed by atoms with Gasteiger partial charge in [0.1, 0.15) is 0 Å². The van der Waals surface area contributed by atoms with Crippen LogP contribution in [0.5, 0.6) is 0 Å². The number of nitrogens with one attached hydrogen (secondary N) is 1. The highest BCUT2D eigenvalue weighted by Crippen LogP contribution is 2.21. The minimum atomic E-state index is -0.163. The van der Waals surface area contributed by atoms with E-state index in [-0.39, 0.29) is 5.91 Å². The fourth-order valence-electron chi connectivity index (χ4n) is 2.39. The van der Waals surface area contributed by atoms with Crippen LogP contribution in [0, 0.1) is 5.92 Å². The third-order valence-corrected chi connectivity index (χ3v) is 4.15. The minimum absolute atomic E-state index is 0.163. The summed E-state index contributed by atoms with van der Waals surface area (Å²) >= 11 is 11.9. The Balaban J connectivity index is 1.73. The molecule has 1 saturated heterocycles. The molecule has 5 heteroatoms. The molecule has 0 spiro atoms. The molecule has 0 unspecified atom stereocenters. The topological polar surface area (TPSA) is 38.3 Å². The highest BCUT2D eigenvalue weighted by atomic mass is 35.5. The van der Waals surface area contributed by atoms with Gasteiger partial charge in [0.2, 0.25) is 0 Å². The van der Waals surface area contributed by atoms with Crippen molar-refractivity contribution in [3.63, 3.8) is 0 Å². The van der Waals surface area contributed by atoms with Gasteiger partial charge in [0, 0.05) is 24.8 Å². The monoisotopic (exact) mass is 315 g/mol. The van der Waals surface area contributed by atoms with Gasteiger partial charge in [0.15, 0.2) is 0 Å². The minimum Gasteiger partial charge on any atom is -0.381 e. The van der Waals surface area contributed by atoms with Gasteiger partial charge >= 0.3 is 0 Å². The van der Waals surface area contributed by atoms with Gasteiger partial charge in [0.05, 0.1) is 10.6 Å². The maximum Gasteiger partial charge on any atom is 0.252 e. The Hall–Kier alpha value is -0.770. The summed E-state index contributed by atoms with van der Waals surface area (Å²) in [6.45, 7) is 2.41. The molecule has 0 aromatic heterocycles. The lowest BCUT2D eigenvalue weighted by atomic mass is 9.95. The van der Waals surface area contributed by atoms with E-state index in [1.165, 1.54) is 0 Å². The Bertz CT molecular complexity index is 459. The zero-order chi connectivity index (χ0) is 14.4. The number of carbonyl (C=O) groups is 1. The summed E-state index contributed by atoms with van der Waals surface area (Å²) in [5, 5.41) is 3.84. The molecule has 1 N–H and O–H groups in total. The van der Waals surface area contributed by atoms with E-state index in [0.717, 1.165) is 44.8 Å². The number of amides is 1. The Morgan fingerprint density at radius 2 is 2.05 bits per heavy atom. The SMILES string of the molecule is O=C(NCCCC1CCOCC1)c1cc(Cl)ccc1Cl. The van der Waals surface area contributed by atoms with E-state index in [1.54, 1.807) is 18.2 Å². The summed E-state index contributed by atoms with van der Waals surface area (Å²) in [6.07, 6.45) is 4.38. The summed E-state index contributed by atoms with van der Waals surface area (Å²) in [7, 11) is 0. The molecule has 3 nitrogen and oxygen atoms in total. The first kappa shape index (κ1) is 15.6. The summed E-state index contributed by atoms with van der Waals surface area (Å²) in [5.41, 5.74) is 0.435. The van der Waals surface area contributed by atoms with Gasteiger partial charge in [0.25, 0.3) is 5.91 Å². The zero-order valence-corrected chi connectivity index (χ0v) is 12.8. The third kappa shape index (κ3) is 4.65. The highest BCUT2D eigenvalue weighted by molar-refractivity contribution is 6.35. The van der Waals surface area contributed by atoms with Crippen molar-refractivity contribution in [1.29, 1.82) is 0 Å². The molecule has 1 aliphatic heterocycles. The third-order valence-electron chi connectivity index (χ3n) is 3.59. The number of benzene rings is 1. The first-order valence-corrected chi connectivity index (χ1v) is 7.73. The van der Waals surface area contributed by atoms with Crippen LogP contribution in [0.25, 0.3) is 0 Å². The van der Waals surface area contributed by atoms with Gasteiger partial charge in [-0.1, -0.05) is 23.2 Å². The number of halogens is 2. The van der Waals surface area contributed by atoms with Gasteiger partial charge in [-0.15, -0.1) is 0 Å². The molecule has 1 aromatic rings. The van der Waals surface area contributed by atoms with Crippen LogP contribution in [0.1, 0.15) is 36.0 Å². The van der Waals surface area contributed by atoms with Gasteiger partial charge < -0.3 is 10.1 Å². The quantitative estimate of drug-likeness (QED) is 0.836. The summed E-state index contributed by atoms with van der Waals surface area (Å²) in [6, 6.07) is 4.91. The molecule has 2 rings (SSSR count). The van der Waals surface area contributed by atoms with Crippen LogP contribution < -0.4 is 5.32 Å². The zero-order valence-electron chi connectivity index (χ0n) is 11.3. The summed E-state index contributed by atoms with van der Waals surface area (Å²) in [5.74, 6) is 0.569. The molecule has 1 aliphatic rings. The molecule has 0 radical (unpaired) electrons. The Morgan fingerprint density at radius 1 is 1.30 bits per heavy atom. The van der Waals surface area contributed by atoms with E-state index in [0.29, 0.717) is 22.2 Å². The van der Waals surface area contributed by atoms with E-state index in [1.807, 2.05) is 0 Å². The van der Waals surface area contributed by atoms with Crippen LogP contribution in [0.4, 0.5) is 0 Å². The van der Waals surface area contributed by atoms with E-state index in [2.05, 4.69) is 5.32 Å². The van der Waals surface area contributed by atoms with Crippen LogP contribution in [-0.4, -0.2) is 25.7 Å². The molecular formula is C15H19Cl2NO2. The van der Waals surface area contributed by atoms with Crippen LogP contribution >= 0.6 is 23.2 Å². The number of carbonyl (C=O) groups excluding carboxylic acids is 1. The molecule has 1 fully saturated rings. The van der Waals surface area contributed by atoms with Crippen LogP contribution in [0.15, 0.2) is 18.2 Å². The van der Waals surface area contributed by atoms with Crippen molar-refractivity contribution < 1.29 is 9.53 Å². The van der Waals surface area contributed by atoms with Crippen LogP contribution in [0.2, 0.25) is 10.0 Å². The molecule has 0 saturated carbocycles. The van der Waals surface area contributed by atoms with Crippen molar-refractivity contribution in [1.82, 2.24) is 5.32 Å².